The summed E-state index contributed by atoms with van der Waals surface area (Å²) in [7, 11) is 1.78. The Morgan fingerprint density at radius 1 is 1.50 bits per heavy atom. The minimum atomic E-state index is -0.114. The highest BCUT2D eigenvalue weighted by Gasteiger charge is 2.22. The van der Waals surface area contributed by atoms with Crippen LogP contribution in [0.5, 0.6) is 0 Å². The summed E-state index contributed by atoms with van der Waals surface area (Å²) >= 11 is 1.29. The predicted octanol–water partition coefficient (Wildman–Crippen LogP) is 1.63. The molecule has 0 bridgehead atoms. The number of amides is 1. The molecule has 18 heavy (non-hydrogen) atoms. The number of hydrogen-bond acceptors (Lipinski definition) is 5. The number of rotatable bonds is 6. The van der Waals surface area contributed by atoms with E-state index in [1.807, 2.05) is 20.8 Å². The summed E-state index contributed by atoms with van der Waals surface area (Å²) < 4.78 is 4.17. The van der Waals surface area contributed by atoms with Gasteiger partial charge in [-0.25, -0.2) is 0 Å². The molecule has 0 aliphatic rings. The molecule has 0 aliphatic heterocycles. The van der Waals surface area contributed by atoms with E-state index in [1.54, 1.807) is 7.05 Å². The van der Waals surface area contributed by atoms with Gasteiger partial charge in [-0.15, -0.1) is 0 Å². The van der Waals surface area contributed by atoms with Gasteiger partial charge in [0.25, 0.3) is 5.91 Å². The van der Waals surface area contributed by atoms with Crippen LogP contribution in [-0.2, 0) is 0 Å². The number of aliphatic hydroxyl groups is 1. The highest BCUT2D eigenvalue weighted by molar-refractivity contribution is 7.10. The summed E-state index contributed by atoms with van der Waals surface area (Å²) in [5, 5.41) is 15.6. The van der Waals surface area contributed by atoms with Gasteiger partial charge >= 0.3 is 0 Å². The van der Waals surface area contributed by atoms with Gasteiger partial charge in [0, 0.05) is 20.2 Å². The van der Waals surface area contributed by atoms with Crippen molar-refractivity contribution < 1.29 is 9.90 Å². The number of hydrogen-bond donors (Lipinski definition) is 3. The molecule has 3 N–H and O–H groups in total. The normalized spacial score (nSPS) is 11.4. The Morgan fingerprint density at radius 2 is 2.17 bits per heavy atom. The van der Waals surface area contributed by atoms with Crippen LogP contribution in [0.15, 0.2) is 0 Å². The fraction of sp³-hybridized carbons (Fsp3) is 0.667. The molecule has 102 valence electrons. The van der Waals surface area contributed by atoms with E-state index in [4.69, 9.17) is 5.11 Å². The molecule has 1 amide bonds. The van der Waals surface area contributed by atoms with Crippen molar-refractivity contribution in [1.29, 1.82) is 0 Å². The maximum atomic E-state index is 12.1. The Bertz CT molecular complexity index is 415. The SMILES string of the molecule is CNc1snc(C)c1C(=O)NCC(C)(C)CCO. The molecule has 0 saturated heterocycles. The highest BCUT2D eigenvalue weighted by atomic mass is 32.1. The molecule has 0 radical (unpaired) electrons. The zero-order valence-corrected chi connectivity index (χ0v) is 12.1. The van der Waals surface area contributed by atoms with Gasteiger partial charge in [0.15, 0.2) is 0 Å². The van der Waals surface area contributed by atoms with Crippen molar-refractivity contribution in [3.05, 3.63) is 11.3 Å². The molecule has 0 atom stereocenters. The van der Waals surface area contributed by atoms with E-state index < -0.39 is 0 Å². The number of aliphatic hydroxyl groups excluding tert-OH is 1. The van der Waals surface area contributed by atoms with Crippen molar-refractivity contribution in [1.82, 2.24) is 9.69 Å². The molecule has 1 rings (SSSR count). The molecule has 1 aromatic heterocycles. The molecule has 1 aromatic rings. The smallest absolute Gasteiger partial charge is 0.256 e. The lowest BCUT2D eigenvalue weighted by Gasteiger charge is -2.23. The molecular weight excluding hydrogens is 250 g/mol. The van der Waals surface area contributed by atoms with Crippen LogP contribution in [0.2, 0.25) is 0 Å². The molecule has 0 aromatic carbocycles. The van der Waals surface area contributed by atoms with Gasteiger partial charge in [-0.05, 0) is 30.3 Å². The summed E-state index contributed by atoms with van der Waals surface area (Å²) in [4.78, 5) is 12.1. The lowest BCUT2D eigenvalue weighted by atomic mass is 9.89. The van der Waals surface area contributed by atoms with E-state index in [9.17, 15) is 4.79 Å². The molecule has 0 unspecified atom stereocenters. The maximum absolute atomic E-state index is 12.1. The van der Waals surface area contributed by atoms with E-state index in [0.717, 1.165) is 10.7 Å². The van der Waals surface area contributed by atoms with Crippen molar-refractivity contribution in [2.45, 2.75) is 27.2 Å². The van der Waals surface area contributed by atoms with Gasteiger partial charge < -0.3 is 15.7 Å². The Kier molecular flexibility index (Phi) is 5.10. The summed E-state index contributed by atoms with van der Waals surface area (Å²) in [6.07, 6.45) is 0.660. The summed E-state index contributed by atoms with van der Waals surface area (Å²) in [5.41, 5.74) is 1.24. The standard InChI is InChI=1S/C12H21N3O2S/c1-8-9(11(13-4)18-15-8)10(17)14-7-12(2,3)5-6-16/h13,16H,5-7H2,1-4H3,(H,14,17). The fourth-order valence-corrected chi connectivity index (χ4v) is 2.35. The van der Waals surface area contributed by atoms with E-state index in [2.05, 4.69) is 15.0 Å². The number of nitrogens with one attached hydrogen (secondary N) is 2. The predicted molar refractivity (Wildman–Crippen MR) is 74.2 cm³/mol. The molecular formula is C12H21N3O2S. The van der Waals surface area contributed by atoms with E-state index in [-0.39, 0.29) is 17.9 Å². The van der Waals surface area contributed by atoms with Crippen LogP contribution in [0.3, 0.4) is 0 Å². The number of aromatic nitrogens is 1. The van der Waals surface area contributed by atoms with Gasteiger partial charge in [0.05, 0.1) is 11.3 Å². The number of carbonyl (C=O) groups is 1. The van der Waals surface area contributed by atoms with Crippen molar-refractivity contribution in [2.75, 3.05) is 25.5 Å². The first-order chi connectivity index (χ1) is 8.41. The lowest BCUT2D eigenvalue weighted by Crippen LogP contribution is -2.34. The van der Waals surface area contributed by atoms with Crippen LogP contribution in [0.25, 0.3) is 0 Å². The summed E-state index contributed by atoms with van der Waals surface area (Å²) in [5.74, 6) is -0.114. The van der Waals surface area contributed by atoms with Gasteiger partial charge in [-0.3, -0.25) is 4.79 Å². The van der Waals surface area contributed by atoms with Crippen LogP contribution in [0.4, 0.5) is 5.00 Å². The molecule has 5 nitrogen and oxygen atoms in total. The second-order valence-electron chi connectivity index (χ2n) is 5.04. The van der Waals surface area contributed by atoms with Crippen LogP contribution >= 0.6 is 11.5 Å². The Labute approximate surface area is 112 Å². The first kappa shape index (κ1) is 14.9. The number of aryl methyl sites for hydroxylation is 1. The van der Waals surface area contributed by atoms with Gasteiger partial charge in [-0.1, -0.05) is 13.8 Å². The van der Waals surface area contributed by atoms with Crippen LogP contribution in [-0.4, -0.2) is 35.6 Å². The van der Waals surface area contributed by atoms with E-state index in [1.165, 1.54) is 11.5 Å². The quantitative estimate of drug-likeness (QED) is 0.735. The molecule has 0 aliphatic carbocycles. The number of nitrogens with zero attached hydrogens (tertiary/aromatic N) is 1. The second-order valence-corrected chi connectivity index (χ2v) is 5.82. The minimum Gasteiger partial charge on any atom is -0.396 e. The second kappa shape index (κ2) is 6.15. The van der Waals surface area contributed by atoms with Crippen molar-refractivity contribution >= 4 is 22.4 Å². The number of anilines is 1. The topological polar surface area (TPSA) is 74.2 Å². The zero-order chi connectivity index (χ0) is 13.8. The van der Waals surface area contributed by atoms with Crippen LogP contribution < -0.4 is 10.6 Å². The largest absolute Gasteiger partial charge is 0.396 e. The fourth-order valence-electron chi connectivity index (χ4n) is 1.61. The average molecular weight is 271 g/mol. The molecule has 0 fully saturated rings. The monoisotopic (exact) mass is 271 g/mol. The summed E-state index contributed by atoms with van der Waals surface area (Å²) in [6, 6.07) is 0. The number of carbonyl (C=O) groups excluding carboxylic acids is 1. The van der Waals surface area contributed by atoms with Gasteiger partial charge in [-0.2, -0.15) is 4.37 Å². The van der Waals surface area contributed by atoms with Crippen molar-refractivity contribution in [2.24, 2.45) is 5.41 Å². The lowest BCUT2D eigenvalue weighted by molar-refractivity contribution is 0.0928. The molecule has 0 saturated carbocycles. The Balaban J connectivity index is 2.68. The third-order valence-electron chi connectivity index (χ3n) is 2.83. The van der Waals surface area contributed by atoms with Crippen LogP contribution in [0, 0.1) is 12.3 Å². The van der Waals surface area contributed by atoms with Gasteiger partial charge in [0.2, 0.25) is 0 Å². The Hall–Kier alpha value is -1.14. The Morgan fingerprint density at radius 3 is 2.72 bits per heavy atom. The van der Waals surface area contributed by atoms with Gasteiger partial charge in [0.1, 0.15) is 5.00 Å². The molecule has 0 spiro atoms. The third-order valence-corrected chi connectivity index (χ3v) is 3.79. The first-order valence-corrected chi connectivity index (χ1v) is 6.71. The van der Waals surface area contributed by atoms with Crippen molar-refractivity contribution in [3.63, 3.8) is 0 Å². The minimum absolute atomic E-state index is 0.110. The van der Waals surface area contributed by atoms with Crippen LogP contribution in [0.1, 0.15) is 36.3 Å². The summed E-state index contributed by atoms with van der Waals surface area (Å²) in [6.45, 7) is 6.52. The van der Waals surface area contributed by atoms with E-state index in [0.29, 0.717) is 18.5 Å². The molecule has 1 heterocycles. The molecule has 6 heteroatoms. The highest BCUT2D eigenvalue weighted by Crippen LogP contribution is 2.24. The average Bonchev–Trinajstić information content (AvgIpc) is 2.67. The van der Waals surface area contributed by atoms with Crippen molar-refractivity contribution in [3.8, 4) is 0 Å². The third kappa shape index (κ3) is 3.68. The first-order valence-electron chi connectivity index (χ1n) is 5.94. The van der Waals surface area contributed by atoms with E-state index >= 15 is 0 Å². The zero-order valence-electron chi connectivity index (χ0n) is 11.3. The maximum Gasteiger partial charge on any atom is 0.256 e.